The Bertz CT molecular complexity index is 729. The standard InChI is InChI=1S/C18H21ClFN3O2/c19-16-9-14(20)6-7-17(16)25-12-23-11-15(10-21-23)22-18(24)8-5-13-3-1-2-4-13/h6-7,9-11,13H,1-5,8,12H2,(H,22,24). The molecular weight excluding hydrogens is 345 g/mol. The van der Waals surface area contributed by atoms with Gasteiger partial charge in [-0.25, -0.2) is 9.07 Å². The fourth-order valence-electron chi connectivity index (χ4n) is 3.08. The summed E-state index contributed by atoms with van der Waals surface area (Å²) in [5.41, 5.74) is 0.630. The van der Waals surface area contributed by atoms with Gasteiger partial charge in [0, 0.05) is 6.42 Å². The molecule has 3 rings (SSSR count). The second kappa shape index (κ2) is 8.34. The van der Waals surface area contributed by atoms with Gasteiger partial charge >= 0.3 is 0 Å². The lowest BCUT2D eigenvalue weighted by molar-refractivity contribution is -0.116. The minimum absolute atomic E-state index is 0.00828. The second-order valence-corrected chi connectivity index (χ2v) is 6.76. The summed E-state index contributed by atoms with van der Waals surface area (Å²) >= 11 is 5.91. The molecule has 1 fully saturated rings. The summed E-state index contributed by atoms with van der Waals surface area (Å²) in [6.45, 7) is 0.114. The third-order valence-electron chi connectivity index (χ3n) is 4.42. The Morgan fingerprint density at radius 1 is 1.40 bits per heavy atom. The fraction of sp³-hybridized carbons (Fsp3) is 0.444. The molecule has 0 bridgehead atoms. The summed E-state index contributed by atoms with van der Waals surface area (Å²) < 4.78 is 20.0. The molecule has 0 atom stereocenters. The third kappa shape index (κ3) is 5.19. The van der Waals surface area contributed by atoms with E-state index in [1.165, 1.54) is 48.6 Å². The first-order valence-electron chi connectivity index (χ1n) is 8.50. The highest BCUT2D eigenvalue weighted by Gasteiger charge is 2.16. The molecule has 0 radical (unpaired) electrons. The zero-order valence-corrected chi connectivity index (χ0v) is 14.6. The molecule has 0 spiro atoms. The molecule has 0 unspecified atom stereocenters. The number of anilines is 1. The highest BCUT2D eigenvalue weighted by Crippen LogP contribution is 2.28. The van der Waals surface area contributed by atoms with Crippen LogP contribution in [0.4, 0.5) is 10.1 Å². The molecule has 1 saturated carbocycles. The summed E-state index contributed by atoms with van der Waals surface area (Å²) in [4.78, 5) is 12.0. The number of rotatable bonds is 7. The minimum Gasteiger partial charge on any atom is -0.470 e. The number of benzene rings is 1. The number of halogens is 2. The van der Waals surface area contributed by atoms with Crippen molar-refractivity contribution in [2.75, 3.05) is 5.32 Å². The maximum atomic E-state index is 13.0. The van der Waals surface area contributed by atoms with Crippen LogP contribution in [-0.4, -0.2) is 15.7 Å². The van der Waals surface area contributed by atoms with Crippen LogP contribution in [0.25, 0.3) is 0 Å². The van der Waals surface area contributed by atoms with Gasteiger partial charge in [0.05, 0.1) is 23.1 Å². The molecular formula is C18H21ClFN3O2. The number of hydrogen-bond acceptors (Lipinski definition) is 3. The van der Waals surface area contributed by atoms with Crippen molar-refractivity contribution in [1.29, 1.82) is 0 Å². The average Bonchev–Trinajstić information content (AvgIpc) is 3.24. The third-order valence-corrected chi connectivity index (χ3v) is 4.71. The first-order chi connectivity index (χ1) is 12.1. The molecule has 25 heavy (non-hydrogen) atoms. The van der Waals surface area contributed by atoms with E-state index in [1.807, 2.05) is 0 Å². The van der Waals surface area contributed by atoms with Crippen LogP contribution in [0.3, 0.4) is 0 Å². The van der Waals surface area contributed by atoms with Gasteiger partial charge in [-0.3, -0.25) is 4.79 Å². The van der Waals surface area contributed by atoms with Crippen molar-refractivity contribution in [3.05, 3.63) is 41.4 Å². The van der Waals surface area contributed by atoms with E-state index < -0.39 is 5.82 Å². The van der Waals surface area contributed by atoms with Crippen LogP contribution in [0, 0.1) is 11.7 Å². The number of nitrogens with one attached hydrogen (secondary N) is 1. The number of aromatic nitrogens is 2. The smallest absolute Gasteiger partial charge is 0.224 e. The van der Waals surface area contributed by atoms with Gasteiger partial charge in [-0.2, -0.15) is 5.10 Å². The second-order valence-electron chi connectivity index (χ2n) is 6.35. The number of hydrogen-bond donors (Lipinski definition) is 1. The predicted molar refractivity (Wildman–Crippen MR) is 94.1 cm³/mol. The monoisotopic (exact) mass is 365 g/mol. The molecule has 134 valence electrons. The molecule has 1 aromatic heterocycles. The molecule has 1 amide bonds. The van der Waals surface area contributed by atoms with Crippen LogP contribution in [0.1, 0.15) is 38.5 Å². The lowest BCUT2D eigenvalue weighted by Crippen LogP contribution is -2.12. The molecule has 2 aromatic rings. The zero-order chi connectivity index (χ0) is 17.6. The predicted octanol–water partition coefficient (Wildman–Crippen LogP) is 4.62. The van der Waals surface area contributed by atoms with Crippen molar-refractivity contribution < 1.29 is 13.9 Å². The number of ether oxygens (including phenoxy) is 1. The Morgan fingerprint density at radius 2 is 2.20 bits per heavy atom. The largest absolute Gasteiger partial charge is 0.470 e. The van der Waals surface area contributed by atoms with Crippen LogP contribution >= 0.6 is 11.6 Å². The molecule has 0 saturated heterocycles. The fourth-order valence-corrected chi connectivity index (χ4v) is 3.31. The summed E-state index contributed by atoms with van der Waals surface area (Å²) in [6.07, 6.45) is 9.81. The molecule has 0 aliphatic heterocycles. The SMILES string of the molecule is O=C(CCC1CCCC1)Nc1cnn(COc2ccc(F)cc2Cl)c1. The first-order valence-corrected chi connectivity index (χ1v) is 8.88. The normalized spacial score (nSPS) is 14.6. The van der Waals surface area contributed by atoms with Crippen LogP contribution in [0.15, 0.2) is 30.6 Å². The van der Waals surface area contributed by atoms with E-state index in [9.17, 15) is 9.18 Å². The first kappa shape index (κ1) is 17.7. The number of carbonyl (C=O) groups excluding carboxylic acids is 1. The Balaban J connectivity index is 1.45. The molecule has 1 aliphatic carbocycles. The molecule has 1 aliphatic rings. The van der Waals surface area contributed by atoms with Crippen molar-refractivity contribution in [2.45, 2.75) is 45.3 Å². The molecule has 1 N–H and O–H groups in total. The Morgan fingerprint density at radius 3 is 2.96 bits per heavy atom. The lowest BCUT2D eigenvalue weighted by atomic mass is 10.0. The van der Waals surface area contributed by atoms with Gasteiger partial charge in [0.2, 0.25) is 5.91 Å². The average molecular weight is 366 g/mol. The van der Waals surface area contributed by atoms with Gasteiger partial charge in [0.25, 0.3) is 0 Å². The van der Waals surface area contributed by atoms with E-state index in [-0.39, 0.29) is 17.7 Å². The van der Waals surface area contributed by atoms with Crippen molar-refractivity contribution in [2.24, 2.45) is 5.92 Å². The number of nitrogens with zero attached hydrogens (tertiary/aromatic N) is 2. The van der Waals surface area contributed by atoms with Crippen molar-refractivity contribution >= 4 is 23.2 Å². The van der Waals surface area contributed by atoms with Gasteiger partial charge < -0.3 is 10.1 Å². The van der Waals surface area contributed by atoms with E-state index >= 15 is 0 Å². The van der Waals surface area contributed by atoms with E-state index in [0.29, 0.717) is 23.8 Å². The van der Waals surface area contributed by atoms with Gasteiger partial charge in [-0.15, -0.1) is 0 Å². The van der Waals surface area contributed by atoms with Crippen LogP contribution < -0.4 is 10.1 Å². The maximum Gasteiger partial charge on any atom is 0.224 e. The summed E-state index contributed by atoms with van der Waals surface area (Å²) in [5.74, 6) is 0.663. The van der Waals surface area contributed by atoms with Crippen molar-refractivity contribution in [3.63, 3.8) is 0 Å². The van der Waals surface area contributed by atoms with Gasteiger partial charge in [-0.05, 0) is 30.5 Å². The Kier molecular flexibility index (Phi) is 5.91. The van der Waals surface area contributed by atoms with Gasteiger partial charge in [0.15, 0.2) is 6.73 Å². The molecule has 1 heterocycles. The topological polar surface area (TPSA) is 56.2 Å². The van der Waals surface area contributed by atoms with Crippen molar-refractivity contribution in [3.8, 4) is 5.75 Å². The van der Waals surface area contributed by atoms with Gasteiger partial charge in [0.1, 0.15) is 11.6 Å². The maximum absolute atomic E-state index is 13.0. The quantitative estimate of drug-likeness (QED) is 0.778. The van der Waals surface area contributed by atoms with E-state index in [4.69, 9.17) is 16.3 Å². The number of carbonyl (C=O) groups is 1. The van der Waals surface area contributed by atoms with Crippen LogP contribution in [0.5, 0.6) is 5.75 Å². The minimum atomic E-state index is -0.418. The molecule has 7 heteroatoms. The highest BCUT2D eigenvalue weighted by atomic mass is 35.5. The summed E-state index contributed by atoms with van der Waals surface area (Å²) in [7, 11) is 0. The van der Waals surface area contributed by atoms with E-state index in [1.54, 1.807) is 12.4 Å². The van der Waals surface area contributed by atoms with E-state index in [0.717, 1.165) is 6.42 Å². The zero-order valence-electron chi connectivity index (χ0n) is 13.9. The Hall–Kier alpha value is -2.08. The van der Waals surface area contributed by atoms with Gasteiger partial charge in [-0.1, -0.05) is 37.3 Å². The molecule has 5 nitrogen and oxygen atoms in total. The van der Waals surface area contributed by atoms with E-state index in [2.05, 4.69) is 10.4 Å². The molecule has 1 aromatic carbocycles. The summed E-state index contributed by atoms with van der Waals surface area (Å²) in [6, 6.07) is 3.93. The van der Waals surface area contributed by atoms with Crippen LogP contribution in [0.2, 0.25) is 5.02 Å². The lowest BCUT2D eigenvalue weighted by Gasteiger charge is -2.08. The number of amides is 1. The highest BCUT2D eigenvalue weighted by molar-refractivity contribution is 6.32. The van der Waals surface area contributed by atoms with Crippen LogP contribution in [-0.2, 0) is 11.5 Å². The summed E-state index contributed by atoms with van der Waals surface area (Å²) in [5, 5.41) is 7.18. The van der Waals surface area contributed by atoms with Crippen molar-refractivity contribution in [1.82, 2.24) is 9.78 Å². The Labute approximate surface area is 151 Å².